The topological polar surface area (TPSA) is 149 Å². The molecule has 0 heterocycles. The molecule has 0 aliphatic carbocycles. The van der Waals surface area contributed by atoms with E-state index in [9.17, 15) is 0 Å². The fourth-order valence-electron chi connectivity index (χ4n) is 0. The minimum absolute atomic E-state index is 0. The quantitative estimate of drug-likeness (QED) is 0.276. The number of carboxylic acids is 4. The number of rotatable bonds is 0. The standard InChI is InChI=1S/2C2H2O4.3Li.2Ti/c2*3-1(4)2(5)6;;;;;/h2*(H,3,4)(H,5,6);;;;;. The van der Waals surface area contributed by atoms with Crippen molar-refractivity contribution >= 4 is 80.5 Å². The zero-order valence-corrected chi connectivity index (χ0v) is 12.5. The van der Waals surface area contributed by atoms with Gasteiger partial charge in [-0.1, -0.05) is 0 Å². The van der Waals surface area contributed by atoms with Crippen LogP contribution in [-0.2, 0) is 62.6 Å². The van der Waals surface area contributed by atoms with Gasteiger partial charge in [0, 0.05) is 100 Å². The summed E-state index contributed by atoms with van der Waals surface area (Å²) in [7, 11) is 0. The van der Waals surface area contributed by atoms with Crippen LogP contribution in [0.3, 0.4) is 0 Å². The molecule has 8 nitrogen and oxygen atoms in total. The van der Waals surface area contributed by atoms with Gasteiger partial charge < -0.3 is 20.4 Å². The maximum Gasteiger partial charge on any atom is 0.414 e. The molecular formula is C4H4Li3O8Ti2. The second-order valence-electron chi connectivity index (χ2n) is 1.22. The summed E-state index contributed by atoms with van der Waals surface area (Å²) in [6.07, 6.45) is 0. The first-order chi connectivity index (χ1) is 5.29. The smallest absolute Gasteiger partial charge is 0.414 e. The fourth-order valence-corrected chi connectivity index (χ4v) is 0. The molecule has 0 aromatic rings. The van der Waals surface area contributed by atoms with Crippen molar-refractivity contribution in [2.24, 2.45) is 0 Å². The van der Waals surface area contributed by atoms with Gasteiger partial charge in [0.2, 0.25) is 0 Å². The van der Waals surface area contributed by atoms with E-state index in [0.29, 0.717) is 0 Å². The van der Waals surface area contributed by atoms with Crippen LogP contribution in [-0.4, -0.2) is 101 Å². The predicted molar refractivity (Wildman–Crippen MR) is 47.8 cm³/mol. The number of aliphatic carboxylic acids is 4. The Bertz CT molecular complexity index is 187. The third-order valence-electron chi connectivity index (χ3n) is 0.366. The Kier molecular flexibility index (Phi) is 65.3. The van der Waals surface area contributed by atoms with Crippen molar-refractivity contribution in [3.8, 4) is 0 Å². The zero-order valence-electron chi connectivity index (χ0n) is 9.42. The molecule has 0 saturated heterocycles. The van der Waals surface area contributed by atoms with Gasteiger partial charge in [0.15, 0.2) is 0 Å². The molecule has 0 aromatic heterocycles. The van der Waals surface area contributed by atoms with Crippen LogP contribution in [0.4, 0.5) is 0 Å². The van der Waals surface area contributed by atoms with Gasteiger partial charge in [-0.05, 0) is 0 Å². The van der Waals surface area contributed by atoms with Crippen molar-refractivity contribution in [3.05, 3.63) is 0 Å². The fraction of sp³-hybridized carbons (Fsp3) is 0. The van der Waals surface area contributed by atoms with Gasteiger partial charge in [-0.15, -0.1) is 0 Å². The SMILES string of the molecule is O=C(O)C(=O)O.O=C(O)C(=O)O.[Li].[Li].[Li].[Ti].[Ti]. The summed E-state index contributed by atoms with van der Waals surface area (Å²) in [5.74, 6) is -7.30. The van der Waals surface area contributed by atoms with Gasteiger partial charge in [0.1, 0.15) is 0 Å². The van der Waals surface area contributed by atoms with Crippen molar-refractivity contribution in [3.63, 3.8) is 0 Å². The summed E-state index contributed by atoms with van der Waals surface area (Å²) < 4.78 is 0. The summed E-state index contributed by atoms with van der Waals surface area (Å²) in [6, 6.07) is 0. The maximum absolute atomic E-state index is 9.10. The Labute approximate surface area is 162 Å². The van der Waals surface area contributed by atoms with E-state index in [2.05, 4.69) is 0 Å². The van der Waals surface area contributed by atoms with Gasteiger partial charge in [-0.25, -0.2) is 19.2 Å². The van der Waals surface area contributed by atoms with Crippen LogP contribution in [0.15, 0.2) is 0 Å². The zero-order chi connectivity index (χ0) is 10.3. The summed E-state index contributed by atoms with van der Waals surface area (Å²) in [6.45, 7) is 0. The minimum Gasteiger partial charge on any atom is -0.473 e. The molecule has 13 heteroatoms. The summed E-state index contributed by atoms with van der Waals surface area (Å²) in [5.41, 5.74) is 0. The first-order valence-corrected chi connectivity index (χ1v) is 2.21. The average Bonchev–Trinajstić information content (AvgIpc) is 1.88. The molecule has 0 spiro atoms. The third-order valence-corrected chi connectivity index (χ3v) is 0.366. The predicted octanol–water partition coefficient (Wildman–Crippen LogP) is -2.84. The van der Waals surface area contributed by atoms with E-state index >= 15 is 0 Å². The number of carbonyl (C=O) groups is 4. The number of hydrogen-bond donors (Lipinski definition) is 4. The van der Waals surface area contributed by atoms with Gasteiger partial charge >= 0.3 is 23.9 Å². The summed E-state index contributed by atoms with van der Waals surface area (Å²) in [4.78, 5) is 36.4. The Morgan fingerprint density at radius 1 is 0.471 bits per heavy atom. The molecule has 0 rings (SSSR count). The second kappa shape index (κ2) is 25.8. The first kappa shape index (κ1) is 43.0. The van der Waals surface area contributed by atoms with Crippen LogP contribution < -0.4 is 0 Å². The second-order valence-corrected chi connectivity index (χ2v) is 1.22. The van der Waals surface area contributed by atoms with Crippen molar-refractivity contribution < 1.29 is 83.0 Å². The Morgan fingerprint density at radius 3 is 0.529 bits per heavy atom. The van der Waals surface area contributed by atoms with Crippen LogP contribution in [0.5, 0.6) is 0 Å². The third kappa shape index (κ3) is 47.1. The largest absolute Gasteiger partial charge is 0.473 e. The Hall–Kier alpha value is 1.10. The van der Waals surface area contributed by atoms with Crippen LogP contribution >= 0.6 is 0 Å². The molecule has 0 unspecified atom stereocenters. The average molecular weight is 297 g/mol. The van der Waals surface area contributed by atoms with E-state index in [-0.39, 0.29) is 100 Å². The van der Waals surface area contributed by atoms with Gasteiger partial charge in [-0.2, -0.15) is 0 Å². The molecular weight excluding hydrogens is 293 g/mol. The van der Waals surface area contributed by atoms with Crippen molar-refractivity contribution in [1.82, 2.24) is 0 Å². The molecule has 3 radical (unpaired) electrons. The summed E-state index contributed by atoms with van der Waals surface area (Å²) in [5, 5.41) is 29.6. The van der Waals surface area contributed by atoms with Crippen molar-refractivity contribution in [1.29, 1.82) is 0 Å². The Morgan fingerprint density at radius 2 is 0.529 bits per heavy atom. The molecule has 0 aliphatic heterocycles. The van der Waals surface area contributed by atoms with Crippen LogP contribution in [0.1, 0.15) is 0 Å². The van der Waals surface area contributed by atoms with Crippen LogP contribution in [0.2, 0.25) is 0 Å². The van der Waals surface area contributed by atoms with E-state index in [1.54, 1.807) is 0 Å². The van der Waals surface area contributed by atoms with E-state index in [1.165, 1.54) is 0 Å². The van der Waals surface area contributed by atoms with E-state index in [1.807, 2.05) is 0 Å². The van der Waals surface area contributed by atoms with Crippen molar-refractivity contribution in [2.45, 2.75) is 0 Å². The van der Waals surface area contributed by atoms with Gasteiger partial charge in [0.25, 0.3) is 0 Å². The molecule has 0 saturated carbocycles. The molecule has 0 aliphatic rings. The van der Waals surface area contributed by atoms with Crippen molar-refractivity contribution in [2.75, 3.05) is 0 Å². The molecule has 0 atom stereocenters. The van der Waals surface area contributed by atoms with Gasteiger partial charge in [-0.3, -0.25) is 0 Å². The van der Waals surface area contributed by atoms with Crippen LogP contribution in [0.25, 0.3) is 0 Å². The summed E-state index contributed by atoms with van der Waals surface area (Å²) >= 11 is 0. The van der Waals surface area contributed by atoms with E-state index in [4.69, 9.17) is 39.6 Å². The van der Waals surface area contributed by atoms with E-state index in [0.717, 1.165) is 0 Å². The molecule has 0 bridgehead atoms. The maximum atomic E-state index is 9.10. The van der Waals surface area contributed by atoms with Gasteiger partial charge in [0.05, 0.1) is 0 Å². The minimum atomic E-state index is -1.82. The number of hydrogen-bond acceptors (Lipinski definition) is 4. The molecule has 0 aromatic carbocycles. The first-order valence-electron chi connectivity index (χ1n) is 2.21. The van der Waals surface area contributed by atoms with E-state index < -0.39 is 23.9 Å². The molecule has 79 valence electrons. The monoisotopic (exact) mass is 297 g/mol. The number of carboxylic acid groups (broad SMARTS) is 4. The normalized spacial score (nSPS) is 5.18. The van der Waals surface area contributed by atoms with Crippen LogP contribution in [0, 0.1) is 0 Å². The molecule has 0 fully saturated rings. The Balaban J connectivity index is -0.0000000182. The molecule has 4 N–H and O–H groups in total. The molecule has 17 heavy (non-hydrogen) atoms. The molecule has 0 amide bonds.